The van der Waals surface area contributed by atoms with E-state index in [2.05, 4.69) is 15.3 Å². The Morgan fingerprint density at radius 2 is 2.00 bits per heavy atom. The smallest absolute Gasteiger partial charge is 0.226 e. The summed E-state index contributed by atoms with van der Waals surface area (Å²) in [6, 6.07) is 6.53. The second-order valence-electron chi connectivity index (χ2n) is 5.79. The van der Waals surface area contributed by atoms with Gasteiger partial charge < -0.3 is 15.5 Å². The molecule has 0 amide bonds. The summed E-state index contributed by atoms with van der Waals surface area (Å²) in [5.74, 6) is 0.709. The van der Waals surface area contributed by atoms with Crippen molar-refractivity contribution in [2.24, 2.45) is 10.7 Å². The van der Waals surface area contributed by atoms with Gasteiger partial charge in [-0.15, -0.1) is 24.0 Å². The maximum atomic E-state index is 12.9. The Hall–Kier alpha value is -1.64. The minimum absolute atomic E-state index is 0. The van der Waals surface area contributed by atoms with Gasteiger partial charge in [0.25, 0.3) is 0 Å². The molecule has 1 aliphatic carbocycles. The van der Waals surface area contributed by atoms with Crippen LogP contribution in [0.25, 0.3) is 11.5 Å². The fourth-order valence-corrected chi connectivity index (χ4v) is 2.76. The lowest BCUT2D eigenvalue weighted by Crippen LogP contribution is -2.38. The molecule has 2 aromatic rings. The van der Waals surface area contributed by atoms with Crippen LogP contribution >= 0.6 is 24.0 Å². The molecule has 0 unspecified atom stereocenters. The minimum Gasteiger partial charge on any atom is -0.444 e. The number of nitrogens with two attached hydrogens (primary N) is 1. The van der Waals surface area contributed by atoms with E-state index in [1.807, 2.05) is 0 Å². The molecule has 7 heteroatoms. The van der Waals surface area contributed by atoms with Gasteiger partial charge in [-0.3, -0.25) is 4.99 Å². The summed E-state index contributed by atoms with van der Waals surface area (Å²) >= 11 is 0. The van der Waals surface area contributed by atoms with E-state index in [0.717, 1.165) is 11.3 Å². The second kappa shape index (κ2) is 9.00. The lowest BCUT2D eigenvalue weighted by molar-refractivity contribution is 0.572. The topological polar surface area (TPSA) is 76.4 Å². The first-order valence-electron chi connectivity index (χ1n) is 7.97. The number of aliphatic imine (C=N–C) groups is 1. The fraction of sp³-hybridized carbons (Fsp3) is 0.412. The van der Waals surface area contributed by atoms with E-state index < -0.39 is 0 Å². The summed E-state index contributed by atoms with van der Waals surface area (Å²) in [5.41, 5.74) is 7.45. The number of hydrogen-bond donors (Lipinski definition) is 2. The molecule has 130 valence electrons. The lowest BCUT2D eigenvalue weighted by Gasteiger charge is -2.11. The van der Waals surface area contributed by atoms with Gasteiger partial charge in [0.05, 0.1) is 5.69 Å². The highest BCUT2D eigenvalue weighted by Crippen LogP contribution is 2.19. The Kier molecular flexibility index (Phi) is 7.01. The van der Waals surface area contributed by atoms with Crippen molar-refractivity contribution in [3.63, 3.8) is 0 Å². The highest BCUT2D eigenvalue weighted by molar-refractivity contribution is 14.0. The highest BCUT2D eigenvalue weighted by atomic mass is 127. The Balaban J connectivity index is 0.00000208. The highest BCUT2D eigenvalue weighted by Gasteiger charge is 2.14. The largest absolute Gasteiger partial charge is 0.444 e. The van der Waals surface area contributed by atoms with Crippen molar-refractivity contribution >= 4 is 29.9 Å². The zero-order valence-corrected chi connectivity index (χ0v) is 15.7. The number of nitrogens with zero attached hydrogens (tertiary/aromatic N) is 2. The van der Waals surface area contributed by atoms with Crippen LogP contribution in [-0.4, -0.2) is 23.5 Å². The molecular weight excluding hydrogens is 422 g/mol. The van der Waals surface area contributed by atoms with Gasteiger partial charge in [-0.05, 0) is 37.1 Å². The van der Waals surface area contributed by atoms with Gasteiger partial charge in [0.1, 0.15) is 12.1 Å². The number of benzene rings is 1. The fourth-order valence-electron chi connectivity index (χ4n) is 2.76. The van der Waals surface area contributed by atoms with E-state index in [0.29, 0.717) is 30.9 Å². The van der Waals surface area contributed by atoms with Crippen LogP contribution in [0.15, 0.2) is 39.9 Å². The molecule has 0 saturated heterocycles. The Morgan fingerprint density at radius 3 is 2.71 bits per heavy atom. The molecule has 0 atom stereocenters. The van der Waals surface area contributed by atoms with Crippen LogP contribution in [0.2, 0.25) is 0 Å². The second-order valence-corrected chi connectivity index (χ2v) is 5.79. The molecule has 3 N–H and O–H groups in total. The zero-order valence-electron chi connectivity index (χ0n) is 13.4. The monoisotopic (exact) mass is 444 g/mol. The number of oxazole rings is 1. The van der Waals surface area contributed by atoms with Crippen LogP contribution < -0.4 is 11.1 Å². The summed E-state index contributed by atoms with van der Waals surface area (Å²) in [5, 5.41) is 3.25. The summed E-state index contributed by atoms with van der Waals surface area (Å²) in [6.07, 6.45) is 7.11. The van der Waals surface area contributed by atoms with E-state index in [4.69, 9.17) is 10.2 Å². The average Bonchev–Trinajstić information content (AvgIpc) is 3.20. The van der Waals surface area contributed by atoms with Gasteiger partial charge in [0, 0.05) is 24.6 Å². The summed E-state index contributed by atoms with van der Waals surface area (Å²) in [6.45, 7) is 0.556. The van der Waals surface area contributed by atoms with E-state index >= 15 is 0 Å². The number of guanidine groups is 1. The molecule has 0 spiro atoms. The van der Waals surface area contributed by atoms with Crippen LogP contribution in [0.3, 0.4) is 0 Å². The van der Waals surface area contributed by atoms with Gasteiger partial charge in [0.15, 0.2) is 5.96 Å². The number of aromatic nitrogens is 1. The van der Waals surface area contributed by atoms with Crippen LogP contribution in [0.4, 0.5) is 4.39 Å². The van der Waals surface area contributed by atoms with Crippen molar-refractivity contribution in [3.8, 4) is 11.5 Å². The number of hydrogen-bond acceptors (Lipinski definition) is 3. The van der Waals surface area contributed by atoms with Crippen molar-refractivity contribution < 1.29 is 8.81 Å². The first-order valence-corrected chi connectivity index (χ1v) is 7.97. The van der Waals surface area contributed by atoms with Gasteiger partial charge in [-0.25, -0.2) is 9.37 Å². The van der Waals surface area contributed by atoms with Gasteiger partial charge >= 0.3 is 0 Å². The molecule has 24 heavy (non-hydrogen) atoms. The van der Waals surface area contributed by atoms with Gasteiger partial charge in [0.2, 0.25) is 5.89 Å². The molecule has 5 nitrogen and oxygen atoms in total. The van der Waals surface area contributed by atoms with Crippen LogP contribution in [0.5, 0.6) is 0 Å². The predicted molar refractivity (Wildman–Crippen MR) is 103 cm³/mol. The average molecular weight is 444 g/mol. The standard InChI is InChI=1S/C17H21FN4O.HI/c18-13-7-5-12(6-8-13)16-21-15(11-23-16)9-10-20-17(19)22-14-3-1-2-4-14;/h5-8,11,14H,1-4,9-10H2,(H3,19,20,22);1H. The minimum atomic E-state index is -0.278. The lowest BCUT2D eigenvalue weighted by atomic mass is 10.2. The molecule has 1 aliphatic rings. The third-order valence-corrected chi connectivity index (χ3v) is 4.00. The van der Waals surface area contributed by atoms with E-state index in [1.165, 1.54) is 37.8 Å². The number of rotatable bonds is 5. The Labute approximate surface area is 158 Å². The van der Waals surface area contributed by atoms with Crippen molar-refractivity contribution in [1.29, 1.82) is 0 Å². The zero-order chi connectivity index (χ0) is 16.1. The molecule has 1 heterocycles. The molecule has 1 aromatic heterocycles. The molecule has 0 bridgehead atoms. The van der Waals surface area contributed by atoms with E-state index in [1.54, 1.807) is 18.4 Å². The number of halogens is 2. The van der Waals surface area contributed by atoms with E-state index in [-0.39, 0.29) is 29.8 Å². The predicted octanol–water partition coefficient (Wildman–Crippen LogP) is 3.49. The van der Waals surface area contributed by atoms with Crippen molar-refractivity contribution in [1.82, 2.24) is 10.3 Å². The first-order chi connectivity index (χ1) is 11.2. The van der Waals surface area contributed by atoms with E-state index in [9.17, 15) is 4.39 Å². The van der Waals surface area contributed by atoms with Crippen LogP contribution in [0, 0.1) is 5.82 Å². The third kappa shape index (κ3) is 5.19. The molecular formula is C17H22FIN4O. The summed E-state index contributed by atoms with van der Waals surface area (Å²) in [7, 11) is 0. The SMILES string of the molecule is I.NC(=NCCc1coc(-c2ccc(F)cc2)n1)NC1CCCC1. The van der Waals surface area contributed by atoms with Crippen molar-refractivity contribution in [3.05, 3.63) is 42.0 Å². The van der Waals surface area contributed by atoms with Gasteiger partial charge in [-0.1, -0.05) is 12.8 Å². The quantitative estimate of drug-likeness (QED) is 0.421. The van der Waals surface area contributed by atoms with Crippen molar-refractivity contribution in [2.75, 3.05) is 6.54 Å². The van der Waals surface area contributed by atoms with Gasteiger partial charge in [-0.2, -0.15) is 0 Å². The normalized spacial score (nSPS) is 15.3. The van der Waals surface area contributed by atoms with Crippen molar-refractivity contribution in [2.45, 2.75) is 38.1 Å². The summed E-state index contributed by atoms with van der Waals surface area (Å²) in [4.78, 5) is 8.72. The summed E-state index contributed by atoms with van der Waals surface area (Å²) < 4.78 is 18.3. The molecule has 1 aromatic carbocycles. The Morgan fingerprint density at radius 1 is 1.29 bits per heavy atom. The maximum Gasteiger partial charge on any atom is 0.226 e. The molecule has 0 radical (unpaired) electrons. The maximum absolute atomic E-state index is 12.9. The molecule has 1 saturated carbocycles. The molecule has 3 rings (SSSR count). The van der Waals surface area contributed by atoms with Crippen LogP contribution in [-0.2, 0) is 6.42 Å². The van der Waals surface area contributed by atoms with Crippen LogP contribution in [0.1, 0.15) is 31.4 Å². The molecule has 0 aliphatic heterocycles. The molecule has 1 fully saturated rings. The first kappa shape index (κ1) is 18.7. The Bertz CT molecular complexity index is 665. The third-order valence-electron chi connectivity index (χ3n) is 4.00. The number of nitrogens with one attached hydrogen (secondary N) is 1.